The van der Waals surface area contributed by atoms with E-state index in [1.54, 1.807) is 19.9 Å². The number of anilines is 1. The van der Waals surface area contributed by atoms with E-state index in [4.69, 9.17) is 4.42 Å². The molecule has 1 amide bonds. The number of amides is 1. The summed E-state index contributed by atoms with van der Waals surface area (Å²) in [5.74, 6) is -0.912. The van der Waals surface area contributed by atoms with E-state index in [0.29, 0.717) is 50.5 Å². The number of hydrogen-bond acceptors (Lipinski definition) is 7. The molecule has 0 radical (unpaired) electrons. The molecule has 0 unspecified atom stereocenters. The van der Waals surface area contributed by atoms with Gasteiger partial charge in [0.15, 0.2) is 0 Å². The van der Waals surface area contributed by atoms with Crippen LogP contribution in [0.4, 0.5) is 18.9 Å². The summed E-state index contributed by atoms with van der Waals surface area (Å²) < 4.78 is 81.4. The van der Waals surface area contributed by atoms with Crippen LogP contribution in [0.3, 0.4) is 0 Å². The Morgan fingerprint density at radius 1 is 1.07 bits per heavy atom. The fourth-order valence-electron chi connectivity index (χ4n) is 5.23. The standard InChI is InChI=1S/C28H38F3N3O6S/c1-27(2)17-19(18-41(37,38)39)20-14-21-22(28(29,30)31)15-26(36)40-24(21)16-23(20)34(27)13-9-5-6-10-25(35)33-12-8-4-3-7-11-32/h14-17H,3-13,18,32H2,1-2H3,(H,33,35)(H,37,38,39). The summed E-state index contributed by atoms with van der Waals surface area (Å²) in [6, 6.07) is 2.80. The minimum atomic E-state index is -4.86. The van der Waals surface area contributed by atoms with Crippen LogP contribution in [-0.2, 0) is 21.1 Å². The lowest BCUT2D eigenvalue weighted by molar-refractivity contribution is -0.368. The summed E-state index contributed by atoms with van der Waals surface area (Å²) in [4.78, 5) is 26.0. The molecule has 0 fully saturated rings. The summed E-state index contributed by atoms with van der Waals surface area (Å²) >= 11 is 0. The summed E-state index contributed by atoms with van der Waals surface area (Å²) in [5, 5.41) is 2.52. The van der Waals surface area contributed by atoms with Gasteiger partial charge < -0.3 is 24.9 Å². The van der Waals surface area contributed by atoms with E-state index < -0.39 is 44.2 Å². The first-order chi connectivity index (χ1) is 19.1. The van der Waals surface area contributed by atoms with Gasteiger partial charge in [-0.1, -0.05) is 18.9 Å². The Morgan fingerprint density at radius 2 is 1.76 bits per heavy atom. The molecule has 1 aliphatic heterocycles. The van der Waals surface area contributed by atoms with E-state index in [1.165, 1.54) is 6.07 Å². The molecule has 0 aliphatic carbocycles. The third-order valence-electron chi connectivity index (χ3n) is 7.14. The number of benzene rings is 1. The third-order valence-corrected chi connectivity index (χ3v) is 7.81. The maximum atomic E-state index is 13.7. The first-order valence-electron chi connectivity index (χ1n) is 13.8. The number of carbonyl (C=O) groups excluding carboxylic acids is 1. The zero-order valence-corrected chi connectivity index (χ0v) is 24.3. The lowest BCUT2D eigenvalue weighted by atomic mass is 9.87. The van der Waals surface area contributed by atoms with Gasteiger partial charge in [0.2, 0.25) is 5.91 Å². The molecule has 0 saturated carbocycles. The molecule has 4 N–H and O–H groups in total. The number of nitrogens with one attached hydrogen (secondary N) is 1. The topological polar surface area (TPSA) is 147 Å². The van der Waals surface area contributed by atoms with Crippen molar-refractivity contribution in [1.29, 1.82) is 0 Å². The Morgan fingerprint density at radius 3 is 2.41 bits per heavy atom. The number of carbonyl (C=O) groups is 1. The Labute approximate surface area is 237 Å². The molecule has 1 aliphatic rings. The highest BCUT2D eigenvalue weighted by Crippen LogP contribution is 2.44. The Kier molecular flexibility index (Phi) is 10.6. The molecule has 0 saturated heterocycles. The minimum Gasteiger partial charge on any atom is -0.748 e. The average molecular weight is 602 g/mol. The van der Waals surface area contributed by atoms with Crippen LogP contribution in [-0.4, -0.2) is 49.8 Å². The molecule has 0 spiro atoms. The smallest absolute Gasteiger partial charge is 0.417 e. The van der Waals surface area contributed by atoms with E-state index >= 15 is 0 Å². The van der Waals surface area contributed by atoms with Crippen molar-refractivity contribution in [3.8, 4) is 0 Å². The van der Waals surface area contributed by atoms with Crippen molar-refractivity contribution >= 4 is 38.3 Å². The second-order valence-corrected chi connectivity index (χ2v) is 12.4. The average Bonchev–Trinajstić information content (AvgIpc) is 2.84. The first kappa shape index (κ1) is 32.6. The van der Waals surface area contributed by atoms with Crippen molar-refractivity contribution in [1.82, 2.24) is 5.32 Å². The summed E-state index contributed by atoms with van der Waals surface area (Å²) in [6.07, 6.45) is 3.24. The molecule has 228 valence electrons. The number of halogens is 3. The van der Waals surface area contributed by atoms with E-state index in [2.05, 4.69) is 11.1 Å². The first-order valence-corrected chi connectivity index (χ1v) is 15.4. The maximum absolute atomic E-state index is 13.7. The van der Waals surface area contributed by atoms with Gasteiger partial charge in [-0.2, -0.15) is 13.2 Å². The number of alkyl halides is 3. The second kappa shape index (κ2) is 13.4. The molecule has 13 heteroatoms. The van der Waals surface area contributed by atoms with Gasteiger partial charge in [-0.05, 0) is 57.6 Å². The largest absolute Gasteiger partial charge is 0.748 e. The summed E-state index contributed by atoms with van der Waals surface area (Å²) in [7, 11) is -4.75. The lowest BCUT2D eigenvalue weighted by Crippen LogP contribution is -2.50. The second-order valence-electron chi connectivity index (χ2n) is 10.9. The van der Waals surface area contributed by atoms with E-state index in [-0.39, 0.29) is 22.6 Å². The molecule has 0 atom stereocenters. The molecule has 3 rings (SSSR count). The molecule has 2 aromatic rings. The van der Waals surface area contributed by atoms with Crippen LogP contribution in [0.5, 0.6) is 0 Å². The molecule has 1 aromatic heterocycles. The van der Waals surface area contributed by atoms with Crippen molar-refractivity contribution in [2.24, 2.45) is 0 Å². The van der Waals surface area contributed by atoms with Crippen molar-refractivity contribution < 1.29 is 41.1 Å². The van der Waals surface area contributed by atoms with Crippen LogP contribution in [0.15, 0.2) is 33.5 Å². The van der Waals surface area contributed by atoms with Crippen LogP contribution in [0.1, 0.15) is 76.3 Å². The van der Waals surface area contributed by atoms with Gasteiger partial charge in [0.25, 0.3) is 0 Å². The van der Waals surface area contributed by atoms with Crippen molar-refractivity contribution in [3.05, 3.63) is 45.8 Å². The highest BCUT2D eigenvalue weighted by Gasteiger charge is 2.37. The van der Waals surface area contributed by atoms with Gasteiger partial charge in [-0.25, -0.2) is 13.2 Å². The predicted octanol–water partition coefficient (Wildman–Crippen LogP) is 3.82. The van der Waals surface area contributed by atoms with Crippen LogP contribution < -0.4 is 21.6 Å². The van der Waals surface area contributed by atoms with Gasteiger partial charge in [-0.3, -0.25) is 4.79 Å². The maximum Gasteiger partial charge on any atom is 0.417 e. The van der Waals surface area contributed by atoms with Crippen LogP contribution in [0.25, 0.3) is 16.5 Å². The van der Waals surface area contributed by atoms with E-state index in [0.717, 1.165) is 38.3 Å². The number of nitrogens with zero attached hydrogens (tertiary/aromatic N) is 1. The summed E-state index contributed by atoms with van der Waals surface area (Å²) in [5.41, 5.74) is 0.940. The van der Waals surface area contributed by atoms with Crippen molar-refractivity contribution in [2.75, 3.05) is 30.3 Å². The Balaban J connectivity index is 1.79. The molecule has 0 bridgehead atoms. The number of quaternary nitrogens is 1. The molecule has 2 heterocycles. The zero-order chi connectivity index (χ0) is 30.4. The fraction of sp³-hybridized carbons (Fsp3) is 0.571. The third kappa shape index (κ3) is 9.04. The molecular formula is C28H38F3N3O6S. The zero-order valence-electron chi connectivity index (χ0n) is 23.4. The number of unbranched alkanes of at least 4 members (excludes halogenated alkanes) is 5. The quantitative estimate of drug-likeness (QED) is 0.190. The fourth-order valence-corrected chi connectivity index (χ4v) is 5.85. The predicted molar refractivity (Wildman–Crippen MR) is 149 cm³/mol. The van der Waals surface area contributed by atoms with Crippen LogP contribution in [0, 0.1) is 0 Å². The van der Waals surface area contributed by atoms with Gasteiger partial charge in [-0.15, -0.1) is 0 Å². The van der Waals surface area contributed by atoms with Crippen molar-refractivity contribution in [2.45, 2.75) is 76.9 Å². The SMILES string of the molecule is CC1(C)C=C(CS(=O)(=O)[O-])c2cc3c(C(F)(F)F)cc(=O)oc3cc2N1CCCCCC(=O)NCCCCCC[NH3+]. The normalized spacial score (nSPS) is 15.1. The Hall–Kier alpha value is -2.90. The molecule has 1 aromatic carbocycles. The van der Waals surface area contributed by atoms with Gasteiger partial charge >= 0.3 is 11.8 Å². The number of fused-ring (bicyclic) bond motifs is 2. The monoisotopic (exact) mass is 601 g/mol. The highest BCUT2D eigenvalue weighted by molar-refractivity contribution is 7.86. The van der Waals surface area contributed by atoms with Gasteiger partial charge in [0.05, 0.1) is 33.5 Å². The molecular weight excluding hydrogens is 563 g/mol. The minimum absolute atomic E-state index is 0.0147. The Bertz CT molecular complexity index is 1430. The van der Waals surface area contributed by atoms with Crippen LogP contribution >= 0.6 is 0 Å². The van der Waals surface area contributed by atoms with Gasteiger partial charge in [0.1, 0.15) is 5.58 Å². The number of hydrogen-bond donors (Lipinski definition) is 2. The van der Waals surface area contributed by atoms with Gasteiger partial charge in [0, 0.05) is 48.3 Å². The lowest BCUT2D eigenvalue weighted by Gasteiger charge is -2.44. The molecule has 9 nitrogen and oxygen atoms in total. The van der Waals surface area contributed by atoms with E-state index in [9.17, 15) is 35.7 Å². The highest BCUT2D eigenvalue weighted by atomic mass is 32.2. The van der Waals surface area contributed by atoms with Crippen LogP contribution in [0.2, 0.25) is 0 Å². The summed E-state index contributed by atoms with van der Waals surface area (Å²) in [6.45, 7) is 5.58. The van der Waals surface area contributed by atoms with E-state index in [1.807, 2.05) is 4.90 Å². The number of rotatable bonds is 14. The van der Waals surface area contributed by atoms with Crippen molar-refractivity contribution in [3.63, 3.8) is 0 Å². The molecule has 41 heavy (non-hydrogen) atoms.